The van der Waals surface area contributed by atoms with Crippen molar-refractivity contribution in [3.05, 3.63) is 52.7 Å². The normalized spacial score (nSPS) is 15.7. The molecule has 2 amide bonds. The zero-order valence-corrected chi connectivity index (χ0v) is 19.9. The molecule has 3 aromatic heterocycles. The largest absolute Gasteiger partial charge is 0.341 e. The molecule has 6 rings (SSSR count). The molecule has 1 aromatic carbocycles. The number of benzene rings is 1. The fourth-order valence-corrected chi connectivity index (χ4v) is 5.58. The summed E-state index contributed by atoms with van der Waals surface area (Å²) in [6, 6.07) is 6.43. The van der Waals surface area contributed by atoms with Gasteiger partial charge in [-0.05, 0) is 43.7 Å². The van der Waals surface area contributed by atoms with E-state index >= 15 is 0 Å². The first-order valence-electron chi connectivity index (χ1n) is 11.4. The van der Waals surface area contributed by atoms with Gasteiger partial charge in [-0.25, -0.2) is 14.8 Å². The van der Waals surface area contributed by atoms with E-state index in [9.17, 15) is 4.79 Å². The Morgan fingerprint density at radius 2 is 2.00 bits per heavy atom. The van der Waals surface area contributed by atoms with Crippen LogP contribution in [0.3, 0.4) is 0 Å². The van der Waals surface area contributed by atoms with Gasteiger partial charge in [-0.1, -0.05) is 12.1 Å². The van der Waals surface area contributed by atoms with Crippen LogP contribution in [0.5, 0.6) is 0 Å². The van der Waals surface area contributed by atoms with Gasteiger partial charge in [0.25, 0.3) is 0 Å². The van der Waals surface area contributed by atoms with Crippen molar-refractivity contribution < 1.29 is 4.79 Å². The minimum Gasteiger partial charge on any atom is -0.341 e. The fourth-order valence-electron chi connectivity index (χ4n) is 4.84. The van der Waals surface area contributed by atoms with Crippen molar-refractivity contribution in [1.82, 2.24) is 29.7 Å². The lowest BCUT2D eigenvalue weighted by molar-refractivity contribution is 0.185. The van der Waals surface area contributed by atoms with Gasteiger partial charge >= 0.3 is 6.03 Å². The van der Waals surface area contributed by atoms with Crippen molar-refractivity contribution in [3.8, 4) is 21.8 Å². The minimum atomic E-state index is -0.0397. The Hall–Kier alpha value is -3.26. The molecular weight excluding hydrogens is 432 g/mol. The molecule has 0 radical (unpaired) electrons. The van der Waals surface area contributed by atoms with Crippen molar-refractivity contribution in [2.75, 3.05) is 13.6 Å². The molecule has 0 saturated heterocycles. The second-order valence-electron chi connectivity index (χ2n) is 8.96. The topological polar surface area (TPSA) is 75.9 Å². The summed E-state index contributed by atoms with van der Waals surface area (Å²) >= 11 is 1.66. The maximum atomic E-state index is 12.4. The van der Waals surface area contributed by atoms with E-state index in [1.807, 2.05) is 24.2 Å². The van der Waals surface area contributed by atoms with Crippen LogP contribution in [0.4, 0.5) is 4.79 Å². The van der Waals surface area contributed by atoms with E-state index in [-0.39, 0.29) is 6.03 Å². The number of hydrogen-bond acceptors (Lipinski definition) is 5. The Labute approximate surface area is 196 Å². The number of carbonyl (C=O) groups is 1. The van der Waals surface area contributed by atoms with Gasteiger partial charge in [-0.3, -0.25) is 4.98 Å². The van der Waals surface area contributed by atoms with E-state index < -0.39 is 0 Å². The molecular formula is C25H26N6OS. The molecule has 4 aromatic rings. The molecule has 2 aliphatic rings. The molecule has 1 N–H and O–H groups in total. The van der Waals surface area contributed by atoms with Crippen LogP contribution in [-0.2, 0) is 13.1 Å². The Kier molecular flexibility index (Phi) is 4.72. The van der Waals surface area contributed by atoms with E-state index in [1.54, 1.807) is 18.4 Å². The standard InChI is InChI=1S/C25H26N6OS/c1-14-4-5-17-10-19(21-12-27-15(2)33-21)28-11-18(17)22(14)23-20-13-30(25(32)26-3)8-9-31(20)24(29-23)16-6-7-16/h4-5,10-12,16H,6-9,13H2,1-3H3,(H,26,32). The fraction of sp³-hybridized carbons (Fsp3) is 0.360. The van der Waals surface area contributed by atoms with Gasteiger partial charge in [-0.15, -0.1) is 11.3 Å². The lowest BCUT2D eigenvalue weighted by atomic mass is 9.96. The maximum Gasteiger partial charge on any atom is 0.317 e. The van der Waals surface area contributed by atoms with Crippen LogP contribution < -0.4 is 5.32 Å². The highest BCUT2D eigenvalue weighted by Gasteiger charge is 2.35. The highest BCUT2D eigenvalue weighted by molar-refractivity contribution is 7.15. The highest BCUT2D eigenvalue weighted by atomic mass is 32.1. The number of aromatic nitrogens is 4. The Balaban J connectivity index is 1.52. The van der Waals surface area contributed by atoms with Crippen molar-refractivity contribution in [2.24, 2.45) is 0 Å². The van der Waals surface area contributed by atoms with E-state index in [4.69, 9.17) is 9.97 Å². The lowest BCUT2D eigenvalue weighted by Gasteiger charge is -2.29. The molecule has 1 saturated carbocycles. The van der Waals surface area contributed by atoms with Gasteiger partial charge in [0, 0.05) is 49.4 Å². The number of hydrogen-bond donors (Lipinski definition) is 1. The summed E-state index contributed by atoms with van der Waals surface area (Å²) in [7, 11) is 1.69. The van der Waals surface area contributed by atoms with Crippen molar-refractivity contribution in [3.63, 3.8) is 0 Å². The number of pyridine rings is 1. The molecule has 33 heavy (non-hydrogen) atoms. The van der Waals surface area contributed by atoms with Gasteiger partial charge in [0.2, 0.25) is 0 Å². The Morgan fingerprint density at radius 1 is 1.15 bits per heavy atom. The number of amides is 2. The predicted octanol–water partition coefficient (Wildman–Crippen LogP) is 4.87. The molecule has 1 aliphatic heterocycles. The van der Waals surface area contributed by atoms with Crippen LogP contribution in [0.15, 0.2) is 30.6 Å². The summed E-state index contributed by atoms with van der Waals surface area (Å²) in [5, 5.41) is 6.05. The first-order chi connectivity index (χ1) is 16.0. The second kappa shape index (κ2) is 7.66. The smallest absolute Gasteiger partial charge is 0.317 e. The van der Waals surface area contributed by atoms with Crippen LogP contribution in [0, 0.1) is 13.8 Å². The number of nitrogens with zero attached hydrogens (tertiary/aromatic N) is 5. The number of imidazole rings is 1. The van der Waals surface area contributed by atoms with Crippen molar-refractivity contribution in [1.29, 1.82) is 0 Å². The number of rotatable bonds is 3. The second-order valence-corrected chi connectivity index (χ2v) is 10.2. The molecule has 7 nitrogen and oxygen atoms in total. The van der Waals surface area contributed by atoms with Gasteiger partial charge in [0.05, 0.1) is 33.5 Å². The molecule has 0 bridgehead atoms. The zero-order valence-electron chi connectivity index (χ0n) is 19.1. The summed E-state index contributed by atoms with van der Waals surface area (Å²) in [6.45, 7) is 6.21. The molecule has 0 spiro atoms. The summed E-state index contributed by atoms with van der Waals surface area (Å²) in [4.78, 5) is 29.7. The number of thiazole rings is 1. The van der Waals surface area contributed by atoms with E-state index in [2.05, 4.69) is 40.0 Å². The number of aryl methyl sites for hydroxylation is 2. The average Bonchev–Trinajstić information content (AvgIpc) is 3.48. The summed E-state index contributed by atoms with van der Waals surface area (Å²) in [5.41, 5.74) is 5.37. The highest BCUT2D eigenvalue weighted by Crippen LogP contribution is 2.44. The summed E-state index contributed by atoms with van der Waals surface area (Å²) in [6.07, 6.45) is 6.26. The number of fused-ring (bicyclic) bond motifs is 2. The van der Waals surface area contributed by atoms with Crippen LogP contribution in [0.1, 0.15) is 40.8 Å². The Morgan fingerprint density at radius 3 is 2.73 bits per heavy atom. The molecule has 4 heterocycles. The quantitative estimate of drug-likeness (QED) is 0.475. The molecule has 0 unspecified atom stereocenters. The summed E-state index contributed by atoms with van der Waals surface area (Å²) in [5.74, 6) is 1.72. The molecule has 1 fully saturated rings. The zero-order chi connectivity index (χ0) is 22.7. The average molecular weight is 459 g/mol. The van der Waals surface area contributed by atoms with Gasteiger partial charge in [0.1, 0.15) is 5.82 Å². The third-order valence-corrected chi connectivity index (χ3v) is 7.64. The molecule has 8 heteroatoms. The van der Waals surface area contributed by atoms with Crippen molar-refractivity contribution in [2.45, 2.75) is 45.7 Å². The third kappa shape index (κ3) is 3.40. The van der Waals surface area contributed by atoms with Crippen LogP contribution >= 0.6 is 11.3 Å². The Bertz CT molecular complexity index is 1400. The van der Waals surface area contributed by atoms with Crippen LogP contribution in [0.25, 0.3) is 32.6 Å². The first-order valence-corrected chi connectivity index (χ1v) is 12.2. The summed E-state index contributed by atoms with van der Waals surface area (Å²) < 4.78 is 2.37. The van der Waals surface area contributed by atoms with Gasteiger partial charge in [-0.2, -0.15) is 0 Å². The number of urea groups is 1. The van der Waals surface area contributed by atoms with Crippen LogP contribution in [0.2, 0.25) is 0 Å². The molecule has 168 valence electrons. The molecule has 1 aliphatic carbocycles. The van der Waals surface area contributed by atoms with E-state index in [1.165, 1.54) is 24.2 Å². The monoisotopic (exact) mass is 458 g/mol. The maximum absolute atomic E-state index is 12.4. The van der Waals surface area contributed by atoms with Gasteiger partial charge in [0.15, 0.2) is 0 Å². The van der Waals surface area contributed by atoms with Crippen LogP contribution in [-0.4, -0.2) is 44.0 Å². The van der Waals surface area contributed by atoms with E-state index in [0.717, 1.165) is 49.8 Å². The first kappa shape index (κ1) is 20.4. The van der Waals surface area contributed by atoms with Crippen molar-refractivity contribution >= 4 is 28.1 Å². The lowest BCUT2D eigenvalue weighted by Crippen LogP contribution is -2.43. The number of nitrogens with one attached hydrogen (secondary N) is 1. The van der Waals surface area contributed by atoms with E-state index in [0.29, 0.717) is 19.0 Å². The van der Waals surface area contributed by atoms with Gasteiger partial charge < -0.3 is 14.8 Å². The SMILES string of the molecule is CNC(=O)N1CCn2c(C3CC3)nc(-c3c(C)ccc4cc(-c5cnc(C)s5)ncc34)c2C1. The predicted molar refractivity (Wildman–Crippen MR) is 130 cm³/mol. The number of carbonyl (C=O) groups excluding carboxylic acids is 1. The third-order valence-electron chi connectivity index (χ3n) is 6.70. The minimum absolute atomic E-state index is 0.0397. The molecule has 0 atom stereocenters.